The van der Waals surface area contributed by atoms with Crippen LogP contribution in [0, 0.1) is 19.7 Å². The van der Waals surface area contributed by atoms with Crippen LogP contribution in [-0.4, -0.2) is 25.1 Å². The predicted molar refractivity (Wildman–Crippen MR) is 109 cm³/mol. The van der Waals surface area contributed by atoms with Crippen molar-refractivity contribution < 1.29 is 13.9 Å². The molecule has 0 aliphatic rings. The van der Waals surface area contributed by atoms with E-state index in [0.717, 1.165) is 5.56 Å². The second-order valence-electron chi connectivity index (χ2n) is 6.73. The summed E-state index contributed by atoms with van der Waals surface area (Å²) in [7, 11) is 0. The summed E-state index contributed by atoms with van der Waals surface area (Å²) < 4.78 is 21.2. The quantitative estimate of drug-likeness (QED) is 0.465. The Morgan fingerprint density at radius 2 is 1.90 bits per heavy atom. The minimum atomic E-state index is -0.697. The molecule has 0 radical (unpaired) electrons. The van der Waals surface area contributed by atoms with E-state index in [-0.39, 0.29) is 22.9 Å². The van der Waals surface area contributed by atoms with Gasteiger partial charge in [0.15, 0.2) is 0 Å². The van der Waals surface area contributed by atoms with Crippen molar-refractivity contribution in [2.75, 3.05) is 0 Å². The van der Waals surface area contributed by atoms with Gasteiger partial charge in [0.1, 0.15) is 28.8 Å². The lowest BCUT2D eigenvalue weighted by molar-refractivity contribution is 0.0467. The predicted octanol–water partition coefficient (Wildman–Crippen LogP) is 3.65. The highest BCUT2D eigenvalue weighted by atomic mass is 35.5. The average Bonchev–Trinajstić information content (AvgIpc) is 3.00. The molecule has 0 N–H and O–H groups in total. The lowest BCUT2D eigenvalue weighted by Crippen LogP contribution is -2.17. The lowest BCUT2D eigenvalue weighted by Gasteiger charge is -2.07. The molecule has 0 saturated carbocycles. The van der Waals surface area contributed by atoms with Crippen LogP contribution in [-0.2, 0) is 11.3 Å². The summed E-state index contributed by atoms with van der Waals surface area (Å²) in [4.78, 5) is 29.2. The highest BCUT2D eigenvalue weighted by molar-refractivity contribution is 6.33. The molecular formula is C21H16ClFN4O3. The average molecular weight is 427 g/mol. The van der Waals surface area contributed by atoms with E-state index >= 15 is 0 Å². The third-order valence-electron chi connectivity index (χ3n) is 4.51. The number of benzene rings is 1. The maximum absolute atomic E-state index is 13.2. The van der Waals surface area contributed by atoms with Gasteiger partial charge >= 0.3 is 5.97 Å². The van der Waals surface area contributed by atoms with Crippen LogP contribution >= 0.6 is 11.6 Å². The van der Waals surface area contributed by atoms with E-state index in [0.29, 0.717) is 22.7 Å². The maximum Gasteiger partial charge on any atom is 0.343 e. The van der Waals surface area contributed by atoms with Gasteiger partial charge in [-0.3, -0.25) is 9.20 Å². The highest BCUT2D eigenvalue weighted by Gasteiger charge is 2.23. The number of esters is 1. The SMILES string of the molecule is Cc1ccn2c(=O)cc(COC(=O)c3c(C)nn(-c4ccc(F)cc4)c3Cl)nc2c1. The number of halogens is 2. The fraction of sp³-hybridized carbons (Fsp3) is 0.143. The van der Waals surface area contributed by atoms with Crippen LogP contribution in [0.2, 0.25) is 5.15 Å². The van der Waals surface area contributed by atoms with Crippen LogP contribution in [0.1, 0.15) is 27.3 Å². The lowest BCUT2D eigenvalue weighted by atomic mass is 10.2. The molecule has 0 amide bonds. The number of pyridine rings is 1. The van der Waals surface area contributed by atoms with E-state index in [1.807, 2.05) is 6.92 Å². The standard InChI is InChI=1S/C21H16ClFN4O3/c1-12-7-8-26-17(9-12)24-15(10-18(26)28)11-30-21(29)19-13(2)25-27(20(19)22)16-5-3-14(23)4-6-16/h3-10H,11H2,1-2H3. The largest absolute Gasteiger partial charge is 0.455 e. The van der Waals surface area contributed by atoms with Gasteiger partial charge in [0.2, 0.25) is 0 Å². The molecule has 0 aliphatic carbocycles. The topological polar surface area (TPSA) is 78.5 Å². The summed E-state index contributed by atoms with van der Waals surface area (Å²) >= 11 is 6.34. The van der Waals surface area contributed by atoms with Gasteiger partial charge in [-0.25, -0.2) is 18.9 Å². The zero-order valence-electron chi connectivity index (χ0n) is 16.1. The Morgan fingerprint density at radius 1 is 1.17 bits per heavy atom. The van der Waals surface area contributed by atoms with Crippen molar-refractivity contribution in [1.82, 2.24) is 19.2 Å². The van der Waals surface area contributed by atoms with Gasteiger partial charge in [-0.2, -0.15) is 5.10 Å². The molecule has 0 spiro atoms. The number of nitrogens with zero attached hydrogens (tertiary/aromatic N) is 4. The molecule has 0 bridgehead atoms. The molecule has 0 saturated heterocycles. The summed E-state index contributed by atoms with van der Waals surface area (Å²) in [5.41, 5.74) is 2.41. The fourth-order valence-electron chi connectivity index (χ4n) is 3.02. The van der Waals surface area contributed by atoms with Gasteiger partial charge in [-0.1, -0.05) is 11.6 Å². The van der Waals surface area contributed by atoms with Crippen LogP contribution < -0.4 is 5.56 Å². The number of aryl methyl sites for hydroxylation is 2. The Labute approximate surface area is 175 Å². The van der Waals surface area contributed by atoms with E-state index in [4.69, 9.17) is 16.3 Å². The first-order valence-corrected chi connectivity index (χ1v) is 9.38. The van der Waals surface area contributed by atoms with Gasteiger partial charge in [0.25, 0.3) is 5.56 Å². The Bertz CT molecular complexity index is 1330. The number of ether oxygens (including phenoxy) is 1. The van der Waals surface area contributed by atoms with Crippen molar-refractivity contribution in [3.8, 4) is 5.69 Å². The molecule has 4 rings (SSSR count). The number of carbonyl (C=O) groups excluding carboxylic acids is 1. The number of hydrogen-bond donors (Lipinski definition) is 0. The van der Waals surface area contributed by atoms with E-state index in [9.17, 15) is 14.0 Å². The maximum atomic E-state index is 13.2. The Balaban J connectivity index is 1.58. The molecule has 4 aromatic rings. The summed E-state index contributed by atoms with van der Waals surface area (Å²) in [6.07, 6.45) is 1.64. The van der Waals surface area contributed by atoms with Gasteiger partial charge in [0, 0.05) is 12.3 Å². The van der Waals surface area contributed by atoms with Gasteiger partial charge in [0.05, 0.1) is 17.1 Å². The minimum Gasteiger partial charge on any atom is -0.455 e. The summed E-state index contributed by atoms with van der Waals surface area (Å²) in [5, 5.41) is 4.29. The van der Waals surface area contributed by atoms with Gasteiger partial charge in [-0.05, 0) is 55.8 Å². The van der Waals surface area contributed by atoms with Crippen molar-refractivity contribution in [3.05, 3.63) is 92.5 Å². The van der Waals surface area contributed by atoms with Crippen molar-refractivity contribution in [2.45, 2.75) is 20.5 Å². The first-order valence-electron chi connectivity index (χ1n) is 9.00. The molecule has 0 unspecified atom stereocenters. The molecule has 152 valence electrons. The van der Waals surface area contributed by atoms with E-state index in [1.165, 1.54) is 39.4 Å². The van der Waals surface area contributed by atoms with Crippen molar-refractivity contribution in [3.63, 3.8) is 0 Å². The number of rotatable bonds is 4. The highest BCUT2D eigenvalue weighted by Crippen LogP contribution is 2.24. The molecule has 9 heteroatoms. The Hall–Kier alpha value is -3.52. The second kappa shape index (κ2) is 7.72. The minimum absolute atomic E-state index is 0.0475. The number of carbonyl (C=O) groups is 1. The number of fused-ring (bicyclic) bond motifs is 1. The molecule has 3 aromatic heterocycles. The van der Waals surface area contributed by atoms with E-state index in [2.05, 4.69) is 10.1 Å². The van der Waals surface area contributed by atoms with Crippen LogP contribution in [0.3, 0.4) is 0 Å². The van der Waals surface area contributed by atoms with E-state index in [1.54, 1.807) is 25.3 Å². The monoisotopic (exact) mass is 426 g/mol. The van der Waals surface area contributed by atoms with Gasteiger partial charge < -0.3 is 4.74 Å². The molecule has 30 heavy (non-hydrogen) atoms. The first-order chi connectivity index (χ1) is 14.3. The first kappa shape index (κ1) is 19.8. The Morgan fingerprint density at radius 3 is 2.63 bits per heavy atom. The van der Waals surface area contributed by atoms with Crippen molar-refractivity contribution >= 4 is 23.2 Å². The summed E-state index contributed by atoms with van der Waals surface area (Å²) in [6.45, 7) is 3.31. The van der Waals surface area contributed by atoms with Crippen molar-refractivity contribution in [2.24, 2.45) is 0 Å². The Kier molecular flexibility index (Phi) is 5.09. The van der Waals surface area contributed by atoms with E-state index < -0.39 is 11.8 Å². The third-order valence-corrected chi connectivity index (χ3v) is 4.86. The normalized spacial score (nSPS) is 11.1. The number of hydrogen-bond acceptors (Lipinski definition) is 5. The van der Waals surface area contributed by atoms with Gasteiger partial charge in [-0.15, -0.1) is 0 Å². The molecule has 0 fully saturated rings. The summed E-state index contributed by atoms with van der Waals surface area (Å²) in [6, 6.07) is 10.4. The molecule has 1 aromatic carbocycles. The number of aromatic nitrogens is 4. The third kappa shape index (κ3) is 3.69. The van der Waals surface area contributed by atoms with Crippen molar-refractivity contribution in [1.29, 1.82) is 0 Å². The molecule has 0 atom stereocenters. The second-order valence-corrected chi connectivity index (χ2v) is 7.09. The smallest absolute Gasteiger partial charge is 0.343 e. The molecule has 0 aliphatic heterocycles. The molecule has 3 heterocycles. The summed E-state index contributed by atoms with van der Waals surface area (Å²) in [5.74, 6) is -1.09. The molecular weight excluding hydrogens is 411 g/mol. The van der Waals surface area contributed by atoms with Crippen LogP contribution in [0.15, 0.2) is 53.5 Å². The fourth-order valence-corrected chi connectivity index (χ4v) is 3.37. The zero-order valence-corrected chi connectivity index (χ0v) is 16.9. The van der Waals surface area contributed by atoms with Crippen LogP contribution in [0.4, 0.5) is 4.39 Å². The molecule has 7 nitrogen and oxygen atoms in total. The zero-order chi connectivity index (χ0) is 21.4. The van der Waals surface area contributed by atoms with Crippen LogP contribution in [0.25, 0.3) is 11.3 Å². The van der Waals surface area contributed by atoms with Crippen LogP contribution in [0.5, 0.6) is 0 Å².